The average Bonchev–Trinajstić information content (AvgIpc) is 2.73. The van der Waals surface area contributed by atoms with Gasteiger partial charge in [-0.2, -0.15) is 0 Å². The van der Waals surface area contributed by atoms with E-state index >= 15 is 0 Å². The molecule has 0 unspecified atom stereocenters. The lowest BCUT2D eigenvalue weighted by molar-refractivity contribution is 0.0917. The fourth-order valence-corrected chi connectivity index (χ4v) is 2.99. The minimum absolute atomic E-state index is 0.0243. The van der Waals surface area contributed by atoms with Gasteiger partial charge in [0.15, 0.2) is 0 Å². The summed E-state index contributed by atoms with van der Waals surface area (Å²) >= 11 is 0. The van der Waals surface area contributed by atoms with E-state index in [1.54, 1.807) is 0 Å². The number of aryl methyl sites for hydroxylation is 1. The van der Waals surface area contributed by atoms with Crippen LogP contribution in [-0.4, -0.2) is 28.5 Å². The molecular weight excluding hydrogens is 340 g/mol. The van der Waals surface area contributed by atoms with E-state index in [9.17, 15) is 4.79 Å². The number of rotatable bonds is 5. The minimum atomic E-state index is -0.205. The van der Waals surface area contributed by atoms with Crippen LogP contribution >= 0.6 is 0 Å². The van der Waals surface area contributed by atoms with Gasteiger partial charge >= 0.3 is 0 Å². The lowest BCUT2D eigenvalue weighted by Crippen LogP contribution is -2.37. The maximum Gasteiger partial charge on any atom is 0.254 e. The summed E-state index contributed by atoms with van der Waals surface area (Å²) in [4.78, 5) is 20.7. The van der Waals surface area contributed by atoms with Gasteiger partial charge in [0.1, 0.15) is 11.9 Å². The molecule has 2 heterocycles. The third-order valence-electron chi connectivity index (χ3n) is 4.44. The molecule has 4 rings (SSSR count). The second-order valence-electron chi connectivity index (χ2n) is 6.38. The maximum atomic E-state index is 12.3. The molecule has 1 aromatic heterocycles. The Labute approximate surface area is 157 Å². The number of carbonyl (C=O) groups is 1. The first-order valence-electron chi connectivity index (χ1n) is 8.95. The highest BCUT2D eigenvalue weighted by Crippen LogP contribution is 2.26. The SMILES string of the molecule is O=C(NC[C@H]1CCc2ccccc2O1)c1cnc(Nc2ccccc2)nc1. The lowest BCUT2D eigenvalue weighted by atomic mass is 10.0. The zero-order valence-corrected chi connectivity index (χ0v) is 14.8. The highest BCUT2D eigenvalue weighted by atomic mass is 16.5. The first-order chi connectivity index (χ1) is 13.3. The van der Waals surface area contributed by atoms with E-state index in [1.807, 2.05) is 48.5 Å². The molecule has 0 fully saturated rings. The smallest absolute Gasteiger partial charge is 0.254 e. The zero-order valence-electron chi connectivity index (χ0n) is 14.8. The predicted molar refractivity (Wildman–Crippen MR) is 103 cm³/mol. The van der Waals surface area contributed by atoms with E-state index < -0.39 is 0 Å². The van der Waals surface area contributed by atoms with Crippen molar-refractivity contribution in [2.24, 2.45) is 0 Å². The Hall–Kier alpha value is -3.41. The van der Waals surface area contributed by atoms with Crippen LogP contribution in [0.5, 0.6) is 5.75 Å². The van der Waals surface area contributed by atoms with Gasteiger partial charge in [0.05, 0.1) is 12.1 Å². The van der Waals surface area contributed by atoms with Gasteiger partial charge in [-0.15, -0.1) is 0 Å². The Morgan fingerprint density at radius 3 is 2.59 bits per heavy atom. The Balaban J connectivity index is 1.31. The summed E-state index contributed by atoms with van der Waals surface area (Å²) in [6.45, 7) is 0.456. The molecule has 27 heavy (non-hydrogen) atoms. The summed E-state index contributed by atoms with van der Waals surface area (Å²) < 4.78 is 5.95. The van der Waals surface area contributed by atoms with Gasteiger partial charge in [0, 0.05) is 18.1 Å². The van der Waals surface area contributed by atoms with E-state index in [0.29, 0.717) is 18.1 Å². The number of para-hydroxylation sites is 2. The number of amides is 1. The molecule has 1 aliphatic rings. The quantitative estimate of drug-likeness (QED) is 0.730. The normalized spacial score (nSPS) is 15.3. The highest BCUT2D eigenvalue weighted by Gasteiger charge is 2.20. The number of hydrogen-bond acceptors (Lipinski definition) is 5. The molecule has 0 aliphatic carbocycles. The van der Waals surface area contributed by atoms with E-state index in [0.717, 1.165) is 24.3 Å². The van der Waals surface area contributed by atoms with E-state index in [-0.39, 0.29) is 12.0 Å². The topological polar surface area (TPSA) is 76.1 Å². The summed E-state index contributed by atoms with van der Waals surface area (Å²) in [5, 5.41) is 5.99. The predicted octanol–water partition coefficient (Wildman–Crippen LogP) is 3.34. The van der Waals surface area contributed by atoms with Gasteiger partial charge in [0.2, 0.25) is 5.95 Å². The van der Waals surface area contributed by atoms with Crippen molar-refractivity contribution < 1.29 is 9.53 Å². The van der Waals surface area contributed by atoms with Crippen molar-refractivity contribution in [3.05, 3.63) is 78.1 Å². The summed E-state index contributed by atoms with van der Waals surface area (Å²) in [7, 11) is 0. The Kier molecular flexibility index (Phi) is 4.96. The number of nitrogens with one attached hydrogen (secondary N) is 2. The lowest BCUT2D eigenvalue weighted by Gasteiger charge is -2.26. The Morgan fingerprint density at radius 1 is 1.04 bits per heavy atom. The van der Waals surface area contributed by atoms with Gasteiger partial charge < -0.3 is 15.4 Å². The van der Waals surface area contributed by atoms with Crippen LogP contribution in [0.15, 0.2) is 67.0 Å². The number of fused-ring (bicyclic) bond motifs is 1. The molecule has 0 radical (unpaired) electrons. The summed E-state index contributed by atoms with van der Waals surface area (Å²) in [5.74, 6) is 1.15. The number of anilines is 2. The summed E-state index contributed by atoms with van der Waals surface area (Å²) in [6, 6.07) is 17.7. The number of carbonyl (C=O) groups excluding carboxylic acids is 1. The minimum Gasteiger partial charge on any atom is -0.488 e. The Bertz CT molecular complexity index is 913. The van der Waals surface area contributed by atoms with Gasteiger partial charge in [-0.25, -0.2) is 9.97 Å². The van der Waals surface area contributed by atoms with Crippen LogP contribution < -0.4 is 15.4 Å². The van der Waals surface area contributed by atoms with Crippen LogP contribution in [0.3, 0.4) is 0 Å². The largest absolute Gasteiger partial charge is 0.488 e. The molecule has 0 bridgehead atoms. The molecule has 1 atom stereocenters. The van der Waals surface area contributed by atoms with Crippen molar-refractivity contribution in [2.75, 3.05) is 11.9 Å². The molecular formula is C21H20N4O2. The fourth-order valence-electron chi connectivity index (χ4n) is 2.99. The molecule has 1 amide bonds. The van der Waals surface area contributed by atoms with Gasteiger partial charge in [-0.1, -0.05) is 36.4 Å². The van der Waals surface area contributed by atoms with E-state index in [1.165, 1.54) is 18.0 Å². The molecule has 2 aromatic carbocycles. The van der Waals surface area contributed by atoms with Crippen molar-refractivity contribution >= 4 is 17.5 Å². The van der Waals surface area contributed by atoms with Crippen LogP contribution in [0, 0.1) is 0 Å². The van der Waals surface area contributed by atoms with Crippen molar-refractivity contribution in [3.8, 4) is 5.75 Å². The van der Waals surface area contributed by atoms with Crippen LogP contribution in [0.25, 0.3) is 0 Å². The fraction of sp³-hybridized carbons (Fsp3) is 0.190. The second-order valence-corrected chi connectivity index (χ2v) is 6.38. The highest BCUT2D eigenvalue weighted by molar-refractivity contribution is 5.93. The van der Waals surface area contributed by atoms with Crippen molar-refractivity contribution in [1.29, 1.82) is 0 Å². The molecule has 6 heteroatoms. The third kappa shape index (κ3) is 4.23. The molecule has 1 aliphatic heterocycles. The van der Waals surface area contributed by atoms with Gasteiger partial charge in [-0.3, -0.25) is 4.79 Å². The molecule has 6 nitrogen and oxygen atoms in total. The summed E-state index contributed by atoms with van der Waals surface area (Å²) in [6.07, 6.45) is 4.85. The number of aromatic nitrogens is 2. The molecule has 0 spiro atoms. The van der Waals surface area contributed by atoms with E-state index in [4.69, 9.17) is 4.74 Å². The van der Waals surface area contributed by atoms with Crippen LogP contribution in [0.4, 0.5) is 11.6 Å². The molecule has 2 N–H and O–H groups in total. The average molecular weight is 360 g/mol. The van der Waals surface area contributed by atoms with Gasteiger partial charge in [0.25, 0.3) is 5.91 Å². The first kappa shape index (κ1) is 17.0. The van der Waals surface area contributed by atoms with E-state index in [2.05, 4.69) is 26.7 Å². The van der Waals surface area contributed by atoms with Crippen LogP contribution in [0.2, 0.25) is 0 Å². The second kappa shape index (κ2) is 7.86. The molecule has 136 valence electrons. The maximum absolute atomic E-state index is 12.3. The van der Waals surface area contributed by atoms with Crippen molar-refractivity contribution in [2.45, 2.75) is 18.9 Å². The summed E-state index contributed by atoms with van der Waals surface area (Å²) in [5.41, 5.74) is 2.53. The number of benzene rings is 2. The molecule has 3 aromatic rings. The molecule has 0 saturated carbocycles. The van der Waals surface area contributed by atoms with Crippen LogP contribution in [-0.2, 0) is 6.42 Å². The number of ether oxygens (including phenoxy) is 1. The number of nitrogens with zero attached hydrogens (tertiary/aromatic N) is 2. The van der Waals surface area contributed by atoms with Crippen LogP contribution in [0.1, 0.15) is 22.3 Å². The third-order valence-corrected chi connectivity index (χ3v) is 4.44. The first-order valence-corrected chi connectivity index (χ1v) is 8.95. The Morgan fingerprint density at radius 2 is 1.78 bits per heavy atom. The zero-order chi connectivity index (χ0) is 18.5. The van der Waals surface area contributed by atoms with Crippen molar-refractivity contribution in [1.82, 2.24) is 15.3 Å². The number of hydrogen-bond donors (Lipinski definition) is 2. The monoisotopic (exact) mass is 360 g/mol. The van der Waals surface area contributed by atoms with Gasteiger partial charge in [-0.05, 0) is 36.6 Å². The van der Waals surface area contributed by atoms with Crippen molar-refractivity contribution in [3.63, 3.8) is 0 Å². The standard InChI is InChI=1S/C21H20N4O2/c26-20(22-14-18-11-10-15-6-4-5-9-19(15)27-18)16-12-23-21(24-13-16)25-17-7-2-1-3-8-17/h1-9,12-13,18H,10-11,14H2,(H,22,26)(H,23,24,25)/t18-/m1/s1. The molecule has 0 saturated heterocycles.